The predicted molar refractivity (Wildman–Crippen MR) is 100 cm³/mol. The number of carbonyl (C=O) groups excluding carboxylic acids is 1. The van der Waals surface area contributed by atoms with E-state index in [9.17, 15) is 4.79 Å². The number of hydrogen-bond donors (Lipinski definition) is 0. The predicted octanol–water partition coefficient (Wildman–Crippen LogP) is 3.24. The third-order valence-electron chi connectivity index (χ3n) is 5.92. The second-order valence-corrected chi connectivity index (χ2v) is 7.90. The number of methoxy groups -OCH3 is 1. The maximum Gasteiger partial charge on any atom is 0.222 e. The maximum atomic E-state index is 12.3. The van der Waals surface area contributed by atoms with Gasteiger partial charge in [0.05, 0.1) is 0 Å². The Morgan fingerprint density at radius 1 is 1.20 bits per heavy atom. The van der Waals surface area contributed by atoms with E-state index in [0.717, 1.165) is 45.6 Å². The fraction of sp³-hybridized carbons (Fsp3) is 0.667. The van der Waals surface area contributed by atoms with Gasteiger partial charge >= 0.3 is 0 Å². The lowest BCUT2D eigenvalue weighted by Crippen LogP contribution is -2.54. The van der Waals surface area contributed by atoms with Crippen LogP contribution in [0.1, 0.15) is 43.2 Å². The number of amides is 1. The molecule has 2 saturated heterocycles. The number of hydrogen-bond acceptors (Lipinski definition) is 3. The number of benzene rings is 1. The minimum absolute atomic E-state index is 0.294. The van der Waals surface area contributed by atoms with Gasteiger partial charge in [-0.05, 0) is 50.3 Å². The number of aryl methyl sites for hydroxylation is 1. The van der Waals surface area contributed by atoms with Crippen molar-refractivity contribution in [1.82, 2.24) is 9.80 Å². The molecule has 4 nitrogen and oxygen atoms in total. The second-order valence-electron chi connectivity index (χ2n) is 7.90. The molecule has 1 amide bonds. The van der Waals surface area contributed by atoms with Crippen LogP contribution in [-0.2, 0) is 16.1 Å². The Bertz CT molecular complexity index is 589. The summed E-state index contributed by atoms with van der Waals surface area (Å²) in [5, 5.41) is 0. The Balaban J connectivity index is 1.63. The highest BCUT2D eigenvalue weighted by Gasteiger charge is 2.41. The summed E-state index contributed by atoms with van der Waals surface area (Å²) in [4.78, 5) is 17.0. The molecule has 2 aliphatic heterocycles. The fourth-order valence-electron chi connectivity index (χ4n) is 4.51. The van der Waals surface area contributed by atoms with E-state index in [-0.39, 0.29) is 0 Å². The monoisotopic (exact) mass is 344 g/mol. The van der Waals surface area contributed by atoms with E-state index in [4.69, 9.17) is 4.74 Å². The zero-order chi connectivity index (χ0) is 17.7. The largest absolute Gasteiger partial charge is 0.385 e. The quantitative estimate of drug-likeness (QED) is 0.743. The average Bonchev–Trinajstić information content (AvgIpc) is 2.61. The van der Waals surface area contributed by atoms with Gasteiger partial charge in [0.2, 0.25) is 5.91 Å². The van der Waals surface area contributed by atoms with Crippen molar-refractivity contribution in [3.05, 3.63) is 35.4 Å². The van der Waals surface area contributed by atoms with Gasteiger partial charge < -0.3 is 9.64 Å². The van der Waals surface area contributed by atoms with Crippen LogP contribution in [0.15, 0.2) is 24.3 Å². The fourth-order valence-corrected chi connectivity index (χ4v) is 4.51. The highest BCUT2D eigenvalue weighted by atomic mass is 16.5. The van der Waals surface area contributed by atoms with Crippen molar-refractivity contribution in [3.63, 3.8) is 0 Å². The highest BCUT2D eigenvalue weighted by molar-refractivity contribution is 5.77. The third kappa shape index (κ3) is 4.62. The van der Waals surface area contributed by atoms with E-state index in [2.05, 4.69) is 41.0 Å². The SMILES string of the molecule is COCCCN1CC2(CCCN(Cc3ccccc3C)C2)CCC1=O. The van der Waals surface area contributed by atoms with Crippen molar-refractivity contribution >= 4 is 5.91 Å². The number of ether oxygens (including phenoxy) is 1. The summed E-state index contributed by atoms with van der Waals surface area (Å²) in [5.41, 5.74) is 3.10. The molecule has 1 aromatic rings. The van der Waals surface area contributed by atoms with Gasteiger partial charge in [-0.3, -0.25) is 9.69 Å². The first kappa shape index (κ1) is 18.4. The Labute approximate surface area is 152 Å². The number of likely N-dealkylation sites (tertiary alicyclic amines) is 2. The lowest BCUT2D eigenvalue weighted by molar-refractivity contribution is -0.139. The third-order valence-corrected chi connectivity index (χ3v) is 5.92. The van der Waals surface area contributed by atoms with Crippen molar-refractivity contribution in [3.8, 4) is 0 Å². The van der Waals surface area contributed by atoms with Crippen LogP contribution in [0.25, 0.3) is 0 Å². The Hall–Kier alpha value is -1.39. The molecule has 2 aliphatic rings. The molecule has 1 spiro atoms. The van der Waals surface area contributed by atoms with Crippen molar-refractivity contribution in [1.29, 1.82) is 0 Å². The van der Waals surface area contributed by atoms with Crippen LogP contribution >= 0.6 is 0 Å². The number of nitrogens with zero attached hydrogens (tertiary/aromatic N) is 2. The minimum Gasteiger partial charge on any atom is -0.385 e. The van der Waals surface area contributed by atoms with Crippen molar-refractivity contribution < 1.29 is 9.53 Å². The molecular weight excluding hydrogens is 312 g/mol. The van der Waals surface area contributed by atoms with Crippen LogP contribution in [0.3, 0.4) is 0 Å². The Morgan fingerprint density at radius 3 is 2.84 bits per heavy atom. The average molecular weight is 344 g/mol. The normalized spacial score (nSPS) is 24.9. The first-order valence-corrected chi connectivity index (χ1v) is 9.65. The van der Waals surface area contributed by atoms with Crippen LogP contribution in [0.2, 0.25) is 0 Å². The van der Waals surface area contributed by atoms with Gasteiger partial charge in [-0.15, -0.1) is 0 Å². The molecule has 0 aromatic heterocycles. The summed E-state index contributed by atoms with van der Waals surface area (Å²) in [5.74, 6) is 0.331. The summed E-state index contributed by atoms with van der Waals surface area (Å²) >= 11 is 0. The van der Waals surface area contributed by atoms with E-state index < -0.39 is 0 Å². The number of piperidine rings is 2. The summed E-state index contributed by atoms with van der Waals surface area (Å²) < 4.78 is 5.15. The molecular formula is C21H32N2O2. The van der Waals surface area contributed by atoms with Crippen LogP contribution in [0.5, 0.6) is 0 Å². The number of rotatable bonds is 6. The molecule has 1 atom stereocenters. The van der Waals surface area contributed by atoms with E-state index in [1.807, 2.05) is 0 Å². The molecule has 138 valence electrons. The molecule has 2 fully saturated rings. The van der Waals surface area contributed by atoms with Crippen molar-refractivity contribution in [2.45, 2.75) is 45.6 Å². The van der Waals surface area contributed by atoms with Crippen molar-refractivity contribution in [2.24, 2.45) is 5.41 Å². The first-order valence-electron chi connectivity index (χ1n) is 9.65. The van der Waals surface area contributed by atoms with Gasteiger partial charge in [-0.1, -0.05) is 24.3 Å². The summed E-state index contributed by atoms with van der Waals surface area (Å²) in [6.45, 7) is 8.03. The lowest BCUT2D eigenvalue weighted by atomic mass is 9.73. The van der Waals surface area contributed by atoms with Crippen LogP contribution in [0, 0.1) is 12.3 Å². The molecule has 0 saturated carbocycles. The lowest BCUT2D eigenvalue weighted by Gasteiger charge is -2.48. The molecule has 0 aliphatic carbocycles. The minimum atomic E-state index is 0.294. The molecule has 0 bridgehead atoms. The molecule has 1 aromatic carbocycles. The van der Waals surface area contributed by atoms with Gasteiger partial charge in [0.15, 0.2) is 0 Å². The van der Waals surface area contributed by atoms with E-state index in [1.165, 1.54) is 30.5 Å². The zero-order valence-corrected chi connectivity index (χ0v) is 15.8. The van der Waals surface area contributed by atoms with Gasteiger partial charge in [-0.25, -0.2) is 0 Å². The molecule has 0 radical (unpaired) electrons. The molecule has 0 N–H and O–H groups in total. The molecule has 4 heteroatoms. The zero-order valence-electron chi connectivity index (χ0n) is 15.8. The Morgan fingerprint density at radius 2 is 2.04 bits per heavy atom. The van der Waals surface area contributed by atoms with Crippen molar-refractivity contribution in [2.75, 3.05) is 39.9 Å². The molecule has 25 heavy (non-hydrogen) atoms. The van der Waals surface area contributed by atoms with Gasteiger partial charge in [0.25, 0.3) is 0 Å². The maximum absolute atomic E-state index is 12.3. The topological polar surface area (TPSA) is 32.8 Å². The summed E-state index contributed by atoms with van der Waals surface area (Å²) in [6.07, 6.45) is 5.20. The van der Waals surface area contributed by atoms with Crippen LogP contribution in [0.4, 0.5) is 0 Å². The van der Waals surface area contributed by atoms with E-state index in [1.54, 1.807) is 7.11 Å². The number of carbonyl (C=O) groups is 1. The standard InChI is InChI=1S/C21H32N2O2/c1-18-7-3-4-8-19(18)15-22-12-5-10-21(16-22)11-9-20(24)23(17-21)13-6-14-25-2/h3-4,7-8H,5-6,9-17H2,1-2H3. The molecule has 1 unspecified atom stereocenters. The van der Waals surface area contributed by atoms with Gasteiger partial charge in [0.1, 0.15) is 0 Å². The van der Waals surface area contributed by atoms with Gasteiger partial charge in [0, 0.05) is 51.7 Å². The highest BCUT2D eigenvalue weighted by Crippen LogP contribution is 2.39. The second kappa shape index (κ2) is 8.33. The Kier molecular flexibility index (Phi) is 6.13. The van der Waals surface area contributed by atoms with E-state index >= 15 is 0 Å². The smallest absolute Gasteiger partial charge is 0.222 e. The van der Waals surface area contributed by atoms with E-state index in [0.29, 0.717) is 17.7 Å². The first-order chi connectivity index (χ1) is 12.1. The summed E-state index contributed by atoms with van der Waals surface area (Å²) in [7, 11) is 1.73. The summed E-state index contributed by atoms with van der Waals surface area (Å²) in [6, 6.07) is 8.70. The molecule has 3 rings (SSSR count). The van der Waals surface area contributed by atoms with Gasteiger partial charge in [-0.2, -0.15) is 0 Å². The van der Waals surface area contributed by atoms with Crippen LogP contribution in [-0.4, -0.2) is 55.6 Å². The molecule has 2 heterocycles. The van der Waals surface area contributed by atoms with Crippen LogP contribution < -0.4 is 0 Å².